The van der Waals surface area contributed by atoms with Crippen LogP contribution in [0.5, 0.6) is 0 Å². The molecule has 0 aliphatic heterocycles. The van der Waals surface area contributed by atoms with E-state index < -0.39 is 9.84 Å². The van der Waals surface area contributed by atoms with Crippen molar-refractivity contribution >= 4 is 32.5 Å². The normalized spacial score (nSPS) is 11.6. The predicted molar refractivity (Wildman–Crippen MR) is 120 cm³/mol. The number of benzene rings is 2. The van der Waals surface area contributed by atoms with E-state index in [1.54, 1.807) is 29.1 Å². The zero-order valence-corrected chi connectivity index (χ0v) is 18.3. The van der Waals surface area contributed by atoms with Gasteiger partial charge in [0.1, 0.15) is 0 Å². The third-order valence-corrected chi connectivity index (χ3v) is 6.10. The van der Waals surface area contributed by atoms with Gasteiger partial charge in [-0.05, 0) is 49.7 Å². The average molecular weight is 435 g/mol. The number of hydrogen-bond acceptors (Lipinski definition) is 5. The van der Waals surface area contributed by atoms with E-state index in [9.17, 15) is 13.2 Å². The standard InChI is InChI=1S/C23H22N4O3S/c1-15-4-6-17(7-5-15)14-27-22-21(13-24-27)20(12-16(2)25-22)23(28)26-18-8-10-19(11-9-18)31(3,29)30/h4-13H,14H2,1-3H3,(H,26,28). The lowest BCUT2D eigenvalue weighted by molar-refractivity contribution is 0.102. The number of nitrogens with zero attached hydrogens (tertiary/aromatic N) is 3. The molecule has 0 radical (unpaired) electrons. The smallest absolute Gasteiger partial charge is 0.256 e. The lowest BCUT2D eigenvalue weighted by Crippen LogP contribution is -2.13. The van der Waals surface area contributed by atoms with E-state index in [4.69, 9.17) is 0 Å². The molecule has 158 valence electrons. The van der Waals surface area contributed by atoms with E-state index in [1.807, 2.05) is 38.1 Å². The van der Waals surface area contributed by atoms with Crippen molar-refractivity contribution in [2.24, 2.45) is 0 Å². The summed E-state index contributed by atoms with van der Waals surface area (Å²) in [6.07, 6.45) is 2.79. The van der Waals surface area contributed by atoms with E-state index in [1.165, 1.54) is 17.7 Å². The topological polar surface area (TPSA) is 94.0 Å². The molecule has 31 heavy (non-hydrogen) atoms. The molecule has 2 heterocycles. The third-order valence-electron chi connectivity index (χ3n) is 4.98. The van der Waals surface area contributed by atoms with Crippen molar-refractivity contribution in [3.05, 3.63) is 83.2 Å². The molecule has 7 nitrogen and oxygen atoms in total. The summed E-state index contributed by atoms with van der Waals surface area (Å²) in [6, 6.07) is 16.0. The van der Waals surface area contributed by atoms with Crippen molar-refractivity contribution < 1.29 is 13.2 Å². The fraction of sp³-hybridized carbons (Fsp3) is 0.174. The Morgan fingerprint density at radius 1 is 1.03 bits per heavy atom. The van der Waals surface area contributed by atoms with Crippen molar-refractivity contribution in [2.45, 2.75) is 25.3 Å². The number of fused-ring (bicyclic) bond motifs is 1. The number of nitrogens with one attached hydrogen (secondary N) is 1. The number of carbonyl (C=O) groups is 1. The van der Waals surface area contributed by atoms with Gasteiger partial charge in [-0.3, -0.25) is 4.79 Å². The van der Waals surface area contributed by atoms with Gasteiger partial charge in [0.15, 0.2) is 15.5 Å². The highest BCUT2D eigenvalue weighted by Crippen LogP contribution is 2.21. The molecule has 4 rings (SSSR count). The van der Waals surface area contributed by atoms with Crippen molar-refractivity contribution in [3.63, 3.8) is 0 Å². The number of pyridine rings is 1. The number of carbonyl (C=O) groups excluding carboxylic acids is 1. The Bertz CT molecular complexity index is 1370. The Kier molecular flexibility index (Phi) is 5.32. The van der Waals surface area contributed by atoms with Crippen LogP contribution in [-0.4, -0.2) is 35.3 Å². The number of amides is 1. The number of aromatic nitrogens is 3. The first kappa shape index (κ1) is 20.7. The third kappa shape index (κ3) is 4.49. The van der Waals surface area contributed by atoms with Gasteiger partial charge in [0.25, 0.3) is 5.91 Å². The van der Waals surface area contributed by atoms with Crippen LogP contribution in [0.3, 0.4) is 0 Å². The van der Waals surface area contributed by atoms with Crippen LogP contribution >= 0.6 is 0 Å². The van der Waals surface area contributed by atoms with Crippen molar-refractivity contribution in [3.8, 4) is 0 Å². The van der Waals surface area contributed by atoms with Gasteiger partial charge in [-0.2, -0.15) is 5.10 Å². The molecule has 0 spiro atoms. The molecule has 0 atom stereocenters. The van der Waals surface area contributed by atoms with E-state index >= 15 is 0 Å². The van der Waals surface area contributed by atoms with E-state index in [2.05, 4.69) is 15.4 Å². The number of sulfone groups is 1. The molecule has 0 fully saturated rings. The highest BCUT2D eigenvalue weighted by Gasteiger charge is 2.17. The van der Waals surface area contributed by atoms with Crippen LogP contribution in [-0.2, 0) is 16.4 Å². The maximum absolute atomic E-state index is 13.0. The van der Waals surface area contributed by atoms with Gasteiger partial charge < -0.3 is 5.32 Å². The molecule has 0 aliphatic carbocycles. The van der Waals surface area contributed by atoms with Crippen LogP contribution in [0.25, 0.3) is 11.0 Å². The molecule has 1 N–H and O–H groups in total. The van der Waals surface area contributed by atoms with Crippen LogP contribution in [0, 0.1) is 13.8 Å². The summed E-state index contributed by atoms with van der Waals surface area (Å²) in [5, 5.41) is 7.93. The molecule has 1 amide bonds. The van der Waals surface area contributed by atoms with Gasteiger partial charge in [-0.15, -0.1) is 0 Å². The summed E-state index contributed by atoms with van der Waals surface area (Å²) >= 11 is 0. The SMILES string of the molecule is Cc1ccc(Cn2ncc3c(C(=O)Nc4ccc(S(C)(=O)=O)cc4)cc(C)nc32)cc1. The lowest BCUT2D eigenvalue weighted by atomic mass is 10.1. The fourth-order valence-corrected chi connectivity index (χ4v) is 3.96. The first-order valence-corrected chi connectivity index (χ1v) is 11.6. The maximum atomic E-state index is 13.0. The Balaban J connectivity index is 1.63. The van der Waals surface area contributed by atoms with E-state index in [0.29, 0.717) is 34.5 Å². The zero-order chi connectivity index (χ0) is 22.2. The molecule has 8 heteroatoms. The Labute approximate surface area is 180 Å². The van der Waals surface area contributed by atoms with E-state index in [0.717, 1.165) is 11.8 Å². The number of hydrogen-bond donors (Lipinski definition) is 1. The Morgan fingerprint density at radius 3 is 2.35 bits per heavy atom. The molecule has 2 aromatic carbocycles. The minimum atomic E-state index is -3.29. The molecule has 0 saturated carbocycles. The number of rotatable bonds is 5. The summed E-state index contributed by atoms with van der Waals surface area (Å²) in [5.74, 6) is -0.308. The minimum Gasteiger partial charge on any atom is -0.322 e. The molecular formula is C23H22N4O3S. The molecular weight excluding hydrogens is 412 g/mol. The summed E-state index contributed by atoms with van der Waals surface area (Å²) in [7, 11) is -3.29. The van der Waals surface area contributed by atoms with Crippen LogP contribution in [0.4, 0.5) is 5.69 Å². The van der Waals surface area contributed by atoms with Gasteiger partial charge in [0.2, 0.25) is 0 Å². The van der Waals surface area contributed by atoms with Crippen molar-refractivity contribution in [1.29, 1.82) is 0 Å². The molecule has 0 aliphatic rings. The van der Waals surface area contributed by atoms with Gasteiger partial charge >= 0.3 is 0 Å². The minimum absolute atomic E-state index is 0.199. The predicted octanol–water partition coefficient (Wildman–Crippen LogP) is 3.75. The lowest BCUT2D eigenvalue weighted by Gasteiger charge is -2.09. The summed E-state index contributed by atoms with van der Waals surface area (Å²) in [6.45, 7) is 4.42. The Hall–Kier alpha value is -3.52. The molecule has 0 saturated heterocycles. The zero-order valence-electron chi connectivity index (χ0n) is 17.5. The van der Waals surface area contributed by atoms with Crippen molar-refractivity contribution in [1.82, 2.24) is 14.8 Å². The van der Waals surface area contributed by atoms with Gasteiger partial charge in [0.05, 0.1) is 28.6 Å². The summed E-state index contributed by atoms with van der Waals surface area (Å²) < 4.78 is 25.0. The van der Waals surface area contributed by atoms with E-state index in [-0.39, 0.29) is 10.8 Å². The Morgan fingerprint density at radius 2 is 1.71 bits per heavy atom. The average Bonchev–Trinajstić information content (AvgIpc) is 3.11. The quantitative estimate of drug-likeness (QED) is 0.516. The molecule has 0 unspecified atom stereocenters. The van der Waals surface area contributed by atoms with Crippen LogP contribution in [0.15, 0.2) is 65.7 Å². The molecule has 0 bridgehead atoms. The van der Waals surface area contributed by atoms with Crippen molar-refractivity contribution in [2.75, 3.05) is 11.6 Å². The summed E-state index contributed by atoms with van der Waals surface area (Å²) in [5.41, 5.74) is 4.59. The monoisotopic (exact) mass is 434 g/mol. The van der Waals surface area contributed by atoms with Crippen LogP contribution in [0.2, 0.25) is 0 Å². The van der Waals surface area contributed by atoms with Crippen LogP contribution < -0.4 is 5.32 Å². The second kappa shape index (κ2) is 7.96. The number of anilines is 1. The maximum Gasteiger partial charge on any atom is 0.256 e. The first-order chi connectivity index (χ1) is 14.7. The highest BCUT2D eigenvalue weighted by atomic mass is 32.2. The van der Waals surface area contributed by atoms with Gasteiger partial charge in [-0.1, -0.05) is 29.8 Å². The second-order valence-corrected chi connectivity index (χ2v) is 9.60. The molecule has 2 aromatic heterocycles. The fourth-order valence-electron chi connectivity index (χ4n) is 3.33. The highest BCUT2D eigenvalue weighted by molar-refractivity contribution is 7.90. The summed E-state index contributed by atoms with van der Waals surface area (Å²) in [4.78, 5) is 17.8. The van der Waals surface area contributed by atoms with Gasteiger partial charge in [-0.25, -0.2) is 18.1 Å². The van der Waals surface area contributed by atoms with Gasteiger partial charge in [0, 0.05) is 17.6 Å². The van der Waals surface area contributed by atoms with Crippen LogP contribution in [0.1, 0.15) is 27.2 Å². The largest absolute Gasteiger partial charge is 0.322 e. The first-order valence-electron chi connectivity index (χ1n) is 9.71. The second-order valence-electron chi connectivity index (χ2n) is 7.59. The number of aryl methyl sites for hydroxylation is 2. The molecule has 4 aromatic rings.